The van der Waals surface area contributed by atoms with E-state index >= 15 is 0 Å². The Kier molecular flexibility index (Phi) is 7.07. The second-order valence-corrected chi connectivity index (χ2v) is 5.87. The average Bonchev–Trinajstić information content (AvgIpc) is 2.38. The van der Waals surface area contributed by atoms with Crippen molar-refractivity contribution in [1.29, 1.82) is 0 Å². The number of nitrogens with one attached hydrogen (secondary N) is 2. The Morgan fingerprint density at radius 1 is 0.824 bits per heavy atom. The summed E-state index contributed by atoms with van der Waals surface area (Å²) in [6.45, 7) is 8.65. The molecule has 2 aliphatic rings. The fourth-order valence-electron chi connectivity index (χ4n) is 2.20. The zero-order chi connectivity index (χ0) is 11.4. The Balaban J connectivity index is 0.00000144. The van der Waals surface area contributed by atoms with E-state index in [0.29, 0.717) is 6.54 Å². The quantitative estimate of drug-likeness (QED) is 0.371. The predicted molar refractivity (Wildman–Crippen MR) is 68.2 cm³/mol. The molecule has 102 valence electrons. The maximum absolute atomic E-state index is 6.37. The molecule has 7 heteroatoms. The molecule has 2 saturated heterocycles. The first kappa shape index (κ1) is 16.0. The minimum Gasteiger partial charge on any atom is -0.314 e. The van der Waals surface area contributed by atoms with Crippen molar-refractivity contribution in [3.63, 3.8) is 0 Å². The van der Waals surface area contributed by atoms with Crippen LogP contribution in [0.2, 0.25) is 0 Å². The first-order valence-corrected chi connectivity index (χ1v) is 6.71. The summed E-state index contributed by atoms with van der Waals surface area (Å²) in [7, 11) is 0. The molecule has 2 heterocycles. The monoisotopic (exact) mass is 322 g/mol. The number of rotatable bonds is 0. The zero-order valence-electron chi connectivity index (χ0n) is 9.87. The number of hydrogen-bond donors (Lipinski definition) is 2. The molecular formula is C10H20Cl2FeN4. The smallest absolute Gasteiger partial charge is 0.183 e. The molecule has 2 rings (SSSR count). The van der Waals surface area contributed by atoms with Crippen molar-refractivity contribution < 1.29 is 17.1 Å². The van der Waals surface area contributed by atoms with E-state index in [1.807, 2.05) is 0 Å². The van der Waals surface area contributed by atoms with Crippen LogP contribution in [0.25, 0.3) is 0 Å². The van der Waals surface area contributed by atoms with Gasteiger partial charge in [0.25, 0.3) is 0 Å². The SMILES string of the molecule is ClC1(Cl)CNCCN2CCNCCN1CC2.[Fe]. The Bertz CT molecular complexity index is 230. The molecule has 0 aliphatic carbocycles. The van der Waals surface area contributed by atoms with Gasteiger partial charge in [0.05, 0.1) is 0 Å². The van der Waals surface area contributed by atoms with Crippen LogP contribution in [-0.2, 0) is 17.1 Å². The van der Waals surface area contributed by atoms with Crippen molar-refractivity contribution in [1.82, 2.24) is 20.4 Å². The molecule has 4 nitrogen and oxygen atoms in total. The van der Waals surface area contributed by atoms with Gasteiger partial charge in [-0.3, -0.25) is 9.80 Å². The van der Waals surface area contributed by atoms with Crippen LogP contribution < -0.4 is 10.6 Å². The van der Waals surface area contributed by atoms with Gasteiger partial charge in [0.2, 0.25) is 0 Å². The maximum atomic E-state index is 6.37. The molecule has 2 fully saturated rings. The van der Waals surface area contributed by atoms with Crippen molar-refractivity contribution in [2.45, 2.75) is 4.46 Å². The van der Waals surface area contributed by atoms with Crippen LogP contribution in [0.4, 0.5) is 0 Å². The van der Waals surface area contributed by atoms with E-state index in [-0.39, 0.29) is 17.1 Å². The van der Waals surface area contributed by atoms with E-state index in [4.69, 9.17) is 23.2 Å². The van der Waals surface area contributed by atoms with Gasteiger partial charge in [0.1, 0.15) is 0 Å². The topological polar surface area (TPSA) is 30.5 Å². The fraction of sp³-hybridized carbons (Fsp3) is 1.00. The van der Waals surface area contributed by atoms with E-state index in [1.54, 1.807) is 0 Å². The molecule has 0 aromatic carbocycles. The Labute approximate surface area is 124 Å². The van der Waals surface area contributed by atoms with Crippen LogP contribution in [0.15, 0.2) is 0 Å². The first-order chi connectivity index (χ1) is 7.68. The summed E-state index contributed by atoms with van der Waals surface area (Å²) >= 11 is 12.7. The van der Waals surface area contributed by atoms with Crippen molar-refractivity contribution in [2.75, 3.05) is 58.9 Å². The summed E-state index contributed by atoms with van der Waals surface area (Å²) in [6.07, 6.45) is 0. The molecule has 2 bridgehead atoms. The predicted octanol–water partition coefficient (Wildman–Crippen LogP) is -0.0743. The average molecular weight is 323 g/mol. The summed E-state index contributed by atoms with van der Waals surface area (Å²) in [5, 5.41) is 6.75. The number of fused-ring (bicyclic) bond motifs is 3. The fourth-order valence-corrected chi connectivity index (χ4v) is 2.73. The molecule has 0 radical (unpaired) electrons. The molecule has 2 atom stereocenters. The van der Waals surface area contributed by atoms with Gasteiger partial charge in [-0.1, -0.05) is 23.2 Å². The van der Waals surface area contributed by atoms with Gasteiger partial charge in [0, 0.05) is 76.0 Å². The van der Waals surface area contributed by atoms with Crippen LogP contribution in [-0.4, -0.2) is 73.2 Å². The van der Waals surface area contributed by atoms with E-state index < -0.39 is 4.46 Å². The van der Waals surface area contributed by atoms with Gasteiger partial charge in [0.15, 0.2) is 4.46 Å². The van der Waals surface area contributed by atoms with Gasteiger partial charge in [-0.05, 0) is 0 Å². The second kappa shape index (κ2) is 7.51. The minimum absolute atomic E-state index is 0. The van der Waals surface area contributed by atoms with E-state index in [9.17, 15) is 0 Å². The summed E-state index contributed by atoms with van der Waals surface area (Å²) in [5.41, 5.74) is 0. The third-order valence-electron chi connectivity index (χ3n) is 3.25. The van der Waals surface area contributed by atoms with Crippen LogP contribution in [0.3, 0.4) is 0 Å². The molecule has 0 aromatic heterocycles. The maximum Gasteiger partial charge on any atom is 0.183 e. The van der Waals surface area contributed by atoms with Gasteiger partial charge < -0.3 is 10.6 Å². The van der Waals surface area contributed by atoms with Crippen molar-refractivity contribution in [3.8, 4) is 0 Å². The van der Waals surface area contributed by atoms with E-state index in [0.717, 1.165) is 52.4 Å². The van der Waals surface area contributed by atoms with Crippen LogP contribution in [0.5, 0.6) is 0 Å². The van der Waals surface area contributed by atoms with Crippen LogP contribution in [0.1, 0.15) is 0 Å². The van der Waals surface area contributed by atoms with Gasteiger partial charge in [-0.15, -0.1) is 0 Å². The molecule has 2 unspecified atom stereocenters. The Morgan fingerprint density at radius 3 is 2.24 bits per heavy atom. The molecule has 0 spiro atoms. The van der Waals surface area contributed by atoms with Crippen LogP contribution >= 0.6 is 23.2 Å². The van der Waals surface area contributed by atoms with Gasteiger partial charge in [-0.25, -0.2) is 0 Å². The van der Waals surface area contributed by atoms with E-state index in [1.165, 1.54) is 0 Å². The summed E-state index contributed by atoms with van der Waals surface area (Å²) in [6, 6.07) is 0. The third kappa shape index (κ3) is 4.84. The normalized spacial score (nSPS) is 34.2. The summed E-state index contributed by atoms with van der Waals surface area (Å²) in [4.78, 5) is 4.60. The minimum atomic E-state index is -0.776. The first-order valence-electron chi connectivity index (χ1n) is 5.95. The van der Waals surface area contributed by atoms with Crippen molar-refractivity contribution in [3.05, 3.63) is 0 Å². The molecule has 17 heavy (non-hydrogen) atoms. The number of halogens is 2. The molecule has 0 amide bonds. The third-order valence-corrected chi connectivity index (χ3v) is 4.00. The van der Waals surface area contributed by atoms with E-state index in [2.05, 4.69) is 20.4 Å². The molecule has 2 N–H and O–H groups in total. The summed E-state index contributed by atoms with van der Waals surface area (Å²) < 4.78 is -0.776. The van der Waals surface area contributed by atoms with Gasteiger partial charge in [-0.2, -0.15) is 0 Å². The Morgan fingerprint density at radius 2 is 1.47 bits per heavy atom. The number of alkyl halides is 2. The number of nitrogens with zero attached hydrogens (tertiary/aromatic N) is 2. The standard InChI is InChI=1S/C10H20Cl2N4.Fe/c11-10(12)9-14-2-5-15-4-1-13-3-6-16(10)8-7-15;/h13-14H,1-9H2;. The molecule has 2 aliphatic heterocycles. The van der Waals surface area contributed by atoms with Crippen molar-refractivity contribution >= 4 is 23.2 Å². The zero-order valence-corrected chi connectivity index (χ0v) is 12.5. The molecule has 0 saturated carbocycles. The van der Waals surface area contributed by atoms with Crippen molar-refractivity contribution in [2.24, 2.45) is 0 Å². The Hall–Kier alpha value is 0.939. The molecular weight excluding hydrogens is 303 g/mol. The van der Waals surface area contributed by atoms with Gasteiger partial charge >= 0.3 is 0 Å². The molecule has 0 aromatic rings. The largest absolute Gasteiger partial charge is 0.314 e. The second-order valence-electron chi connectivity index (χ2n) is 4.42. The summed E-state index contributed by atoms with van der Waals surface area (Å²) in [5.74, 6) is 0. The van der Waals surface area contributed by atoms with Crippen LogP contribution in [0, 0.1) is 0 Å². The number of hydrogen-bond acceptors (Lipinski definition) is 4.